The van der Waals surface area contributed by atoms with Gasteiger partial charge in [-0.25, -0.2) is 9.97 Å². The fourth-order valence-electron chi connectivity index (χ4n) is 4.24. The van der Waals surface area contributed by atoms with E-state index in [4.69, 9.17) is 9.26 Å². The Morgan fingerprint density at radius 1 is 1.14 bits per heavy atom. The summed E-state index contributed by atoms with van der Waals surface area (Å²) >= 11 is 0. The van der Waals surface area contributed by atoms with Crippen molar-refractivity contribution in [2.75, 3.05) is 19.7 Å². The van der Waals surface area contributed by atoms with E-state index in [-0.39, 0.29) is 5.91 Å². The van der Waals surface area contributed by atoms with E-state index >= 15 is 0 Å². The van der Waals surface area contributed by atoms with Gasteiger partial charge in [-0.1, -0.05) is 5.16 Å². The molecule has 5 rings (SSSR count). The van der Waals surface area contributed by atoms with Gasteiger partial charge < -0.3 is 14.2 Å². The second-order valence-electron chi connectivity index (χ2n) is 8.24. The zero-order valence-corrected chi connectivity index (χ0v) is 16.1. The summed E-state index contributed by atoms with van der Waals surface area (Å²) in [5, 5.41) is 4.09. The quantitative estimate of drug-likeness (QED) is 0.790. The largest absolute Gasteiger partial charge is 0.477 e. The number of rotatable bonds is 5. The first-order valence-corrected chi connectivity index (χ1v) is 10.5. The Morgan fingerprint density at radius 2 is 1.96 bits per heavy atom. The summed E-state index contributed by atoms with van der Waals surface area (Å²) in [6, 6.07) is 1.98. The smallest absolute Gasteiger partial charge is 0.276 e. The number of likely N-dealkylation sites (tertiary alicyclic amines) is 1. The summed E-state index contributed by atoms with van der Waals surface area (Å²) < 4.78 is 11.3. The topological polar surface area (TPSA) is 81.4 Å². The van der Waals surface area contributed by atoms with Crippen molar-refractivity contribution in [2.24, 2.45) is 5.92 Å². The van der Waals surface area contributed by atoms with Gasteiger partial charge in [-0.05, 0) is 50.9 Å². The molecule has 3 heterocycles. The minimum Gasteiger partial charge on any atom is -0.477 e. The van der Waals surface area contributed by atoms with Crippen molar-refractivity contribution < 1.29 is 14.1 Å². The minimum atomic E-state index is 0.0242. The summed E-state index contributed by atoms with van der Waals surface area (Å²) in [5.41, 5.74) is 2.68. The molecule has 0 atom stereocenters. The lowest BCUT2D eigenvalue weighted by Crippen LogP contribution is -2.40. The molecular formula is C21H26N4O3. The Labute approximate surface area is 164 Å². The Hall–Kier alpha value is -2.44. The molecule has 0 radical (unpaired) electrons. The van der Waals surface area contributed by atoms with Crippen LogP contribution in [0.2, 0.25) is 0 Å². The molecule has 148 valence electrons. The molecule has 0 aromatic carbocycles. The van der Waals surface area contributed by atoms with E-state index in [9.17, 15) is 4.79 Å². The Balaban J connectivity index is 1.14. The van der Waals surface area contributed by atoms with Gasteiger partial charge in [0, 0.05) is 37.1 Å². The number of fused-ring (bicyclic) bond motifs is 1. The maximum Gasteiger partial charge on any atom is 0.276 e. The second-order valence-corrected chi connectivity index (χ2v) is 8.24. The summed E-state index contributed by atoms with van der Waals surface area (Å²) in [6.45, 7) is 2.12. The molecule has 7 heteroatoms. The zero-order chi connectivity index (χ0) is 18.9. The van der Waals surface area contributed by atoms with Crippen LogP contribution in [0.1, 0.15) is 71.9 Å². The van der Waals surface area contributed by atoms with Crippen molar-refractivity contribution in [2.45, 2.75) is 57.3 Å². The fraction of sp³-hybridized carbons (Fsp3) is 0.619. The van der Waals surface area contributed by atoms with Crippen LogP contribution in [0.25, 0.3) is 0 Å². The number of nitrogens with zero attached hydrogens (tertiary/aromatic N) is 4. The molecule has 2 fully saturated rings. The number of aryl methyl sites for hydroxylation is 1. The van der Waals surface area contributed by atoms with Gasteiger partial charge in [-0.3, -0.25) is 4.79 Å². The van der Waals surface area contributed by atoms with Crippen molar-refractivity contribution in [3.63, 3.8) is 0 Å². The van der Waals surface area contributed by atoms with Gasteiger partial charge in [-0.15, -0.1) is 0 Å². The molecule has 28 heavy (non-hydrogen) atoms. The predicted octanol–water partition coefficient (Wildman–Crippen LogP) is 3.15. The maximum atomic E-state index is 12.9. The number of carbonyl (C=O) groups excluding carboxylic acids is 1. The molecule has 1 saturated carbocycles. The van der Waals surface area contributed by atoms with E-state index in [2.05, 4.69) is 15.1 Å². The van der Waals surface area contributed by atoms with Crippen molar-refractivity contribution in [1.29, 1.82) is 0 Å². The van der Waals surface area contributed by atoms with Gasteiger partial charge >= 0.3 is 0 Å². The summed E-state index contributed by atoms with van der Waals surface area (Å²) in [7, 11) is 0. The number of hydrogen-bond acceptors (Lipinski definition) is 6. The number of aromatic nitrogens is 3. The van der Waals surface area contributed by atoms with E-state index in [0.717, 1.165) is 68.6 Å². The van der Waals surface area contributed by atoms with Crippen molar-refractivity contribution in [1.82, 2.24) is 20.0 Å². The van der Waals surface area contributed by atoms with Crippen LogP contribution in [0.15, 0.2) is 16.9 Å². The lowest BCUT2D eigenvalue weighted by Gasteiger charge is -2.31. The van der Waals surface area contributed by atoms with Crippen LogP contribution >= 0.6 is 0 Å². The number of hydrogen-bond donors (Lipinski definition) is 0. The maximum absolute atomic E-state index is 12.9. The van der Waals surface area contributed by atoms with Crippen LogP contribution in [0, 0.1) is 5.92 Å². The molecule has 0 unspecified atom stereocenters. The van der Waals surface area contributed by atoms with Crippen LogP contribution in [-0.4, -0.2) is 45.6 Å². The molecule has 0 bridgehead atoms. The molecule has 1 amide bonds. The van der Waals surface area contributed by atoms with Gasteiger partial charge in [0.2, 0.25) is 5.88 Å². The van der Waals surface area contributed by atoms with Gasteiger partial charge in [-0.2, -0.15) is 0 Å². The van der Waals surface area contributed by atoms with E-state index in [1.165, 1.54) is 12.8 Å². The SMILES string of the molecule is O=C(c1noc2c1CCCC2)N1CCC(COc2cc(C3CC3)ncn2)CC1. The third kappa shape index (κ3) is 3.62. The van der Waals surface area contributed by atoms with Crippen LogP contribution in [0.3, 0.4) is 0 Å². The Bertz CT molecular complexity index is 853. The Morgan fingerprint density at radius 3 is 2.79 bits per heavy atom. The van der Waals surface area contributed by atoms with Crippen LogP contribution in [0.5, 0.6) is 5.88 Å². The molecule has 1 aliphatic heterocycles. The highest BCUT2D eigenvalue weighted by Gasteiger charge is 2.30. The second kappa shape index (κ2) is 7.53. The highest BCUT2D eigenvalue weighted by molar-refractivity contribution is 5.94. The number of carbonyl (C=O) groups is 1. The van der Waals surface area contributed by atoms with Gasteiger partial charge in [0.25, 0.3) is 5.91 Å². The first kappa shape index (κ1) is 17.6. The summed E-state index contributed by atoms with van der Waals surface area (Å²) in [5.74, 6) is 2.64. The average Bonchev–Trinajstić information content (AvgIpc) is 3.52. The molecular weight excluding hydrogens is 356 g/mol. The highest BCUT2D eigenvalue weighted by atomic mass is 16.5. The first-order chi connectivity index (χ1) is 13.8. The zero-order valence-electron chi connectivity index (χ0n) is 16.1. The van der Waals surface area contributed by atoms with Gasteiger partial charge in [0.1, 0.15) is 12.1 Å². The van der Waals surface area contributed by atoms with E-state index < -0.39 is 0 Å². The van der Waals surface area contributed by atoms with Crippen molar-refractivity contribution >= 4 is 5.91 Å². The summed E-state index contributed by atoms with van der Waals surface area (Å²) in [4.78, 5) is 23.4. The van der Waals surface area contributed by atoms with Crippen LogP contribution < -0.4 is 4.74 Å². The molecule has 1 saturated heterocycles. The molecule has 2 aromatic rings. The minimum absolute atomic E-state index is 0.0242. The van der Waals surface area contributed by atoms with Crippen molar-refractivity contribution in [3.05, 3.63) is 35.1 Å². The molecule has 0 N–H and O–H groups in total. The van der Waals surface area contributed by atoms with E-state index in [1.54, 1.807) is 6.33 Å². The molecule has 3 aliphatic rings. The standard InChI is InChI=1S/C21H26N4O3/c26-21(20-16-3-1-2-4-18(16)28-24-20)25-9-7-14(8-10-25)12-27-19-11-17(15-5-6-15)22-13-23-19/h11,13-15H,1-10,12H2. The number of ether oxygens (including phenoxy) is 1. The third-order valence-electron chi connectivity index (χ3n) is 6.18. The average molecular weight is 382 g/mol. The molecule has 2 aliphatic carbocycles. The normalized spacial score (nSPS) is 20.1. The third-order valence-corrected chi connectivity index (χ3v) is 6.18. The predicted molar refractivity (Wildman–Crippen MR) is 101 cm³/mol. The van der Waals surface area contributed by atoms with Crippen LogP contribution in [0.4, 0.5) is 0 Å². The van der Waals surface area contributed by atoms with Crippen LogP contribution in [-0.2, 0) is 12.8 Å². The number of piperidine rings is 1. The van der Waals surface area contributed by atoms with Gasteiger partial charge in [0.05, 0.1) is 12.3 Å². The lowest BCUT2D eigenvalue weighted by atomic mass is 9.94. The van der Waals surface area contributed by atoms with E-state index in [0.29, 0.717) is 30.0 Å². The molecule has 2 aromatic heterocycles. The van der Waals surface area contributed by atoms with Gasteiger partial charge in [0.15, 0.2) is 5.69 Å². The van der Waals surface area contributed by atoms with Crippen molar-refractivity contribution in [3.8, 4) is 5.88 Å². The first-order valence-electron chi connectivity index (χ1n) is 10.5. The Kier molecular flexibility index (Phi) is 4.74. The molecule has 7 nitrogen and oxygen atoms in total. The monoisotopic (exact) mass is 382 g/mol. The fourth-order valence-corrected chi connectivity index (χ4v) is 4.24. The lowest BCUT2D eigenvalue weighted by molar-refractivity contribution is 0.0648. The molecule has 0 spiro atoms. The summed E-state index contributed by atoms with van der Waals surface area (Å²) in [6.07, 6.45) is 9.96. The highest BCUT2D eigenvalue weighted by Crippen LogP contribution is 2.39. The van der Waals surface area contributed by atoms with E-state index in [1.807, 2.05) is 11.0 Å². The number of amides is 1.